The molecule has 17 heavy (non-hydrogen) atoms. The van der Waals surface area contributed by atoms with Gasteiger partial charge in [0.2, 0.25) is 0 Å². The molecule has 0 spiro atoms. The number of carbonyl (C=O) groups excluding carboxylic acids is 1. The van der Waals surface area contributed by atoms with Crippen LogP contribution in [0.3, 0.4) is 0 Å². The van der Waals surface area contributed by atoms with Gasteiger partial charge in [-0.2, -0.15) is 0 Å². The predicted octanol–water partition coefficient (Wildman–Crippen LogP) is 1.93. The van der Waals surface area contributed by atoms with Crippen LogP contribution in [0.1, 0.15) is 5.82 Å². The molecular formula is C12H11FN2O2. The molecule has 0 bridgehead atoms. The fourth-order valence-corrected chi connectivity index (χ4v) is 1.44. The average molecular weight is 234 g/mol. The Hall–Kier alpha value is -2.17. The van der Waals surface area contributed by atoms with E-state index in [9.17, 15) is 9.18 Å². The van der Waals surface area contributed by atoms with E-state index in [0.717, 1.165) is 11.3 Å². The predicted molar refractivity (Wildman–Crippen MR) is 59.7 cm³/mol. The number of imidazole rings is 1. The van der Waals surface area contributed by atoms with Crippen LogP contribution >= 0.6 is 0 Å². The molecule has 0 saturated heterocycles. The lowest BCUT2D eigenvalue weighted by Crippen LogP contribution is -2.05. The molecule has 1 aromatic heterocycles. The number of aromatic amines is 1. The van der Waals surface area contributed by atoms with Crippen molar-refractivity contribution in [3.05, 3.63) is 42.1 Å². The molecule has 1 N–H and O–H groups in total. The van der Waals surface area contributed by atoms with Gasteiger partial charge in [-0.15, -0.1) is 0 Å². The van der Waals surface area contributed by atoms with Gasteiger partial charge >= 0.3 is 5.97 Å². The van der Waals surface area contributed by atoms with Crippen LogP contribution in [0.2, 0.25) is 0 Å². The zero-order valence-corrected chi connectivity index (χ0v) is 9.24. The molecule has 1 heterocycles. The third-order valence-electron chi connectivity index (χ3n) is 2.32. The number of hydrogen-bond acceptors (Lipinski definition) is 3. The van der Waals surface area contributed by atoms with Crippen LogP contribution < -0.4 is 0 Å². The number of methoxy groups -OCH3 is 1. The van der Waals surface area contributed by atoms with Gasteiger partial charge in [-0.05, 0) is 29.8 Å². The van der Waals surface area contributed by atoms with Crippen LogP contribution in [0.15, 0.2) is 30.5 Å². The minimum atomic E-state index is -0.356. The van der Waals surface area contributed by atoms with E-state index in [-0.39, 0.29) is 18.2 Å². The van der Waals surface area contributed by atoms with Crippen LogP contribution in [0, 0.1) is 5.82 Å². The maximum Gasteiger partial charge on any atom is 0.313 e. The summed E-state index contributed by atoms with van der Waals surface area (Å²) in [5.74, 6) is -0.121. The highest BCUT2D eigenvalue weighted by Gasteiger charge is 2.07. The van der Waals surface area contributed by atoms with Crippen molar-refractivity contribution in [1.82, 2.24) is 9.97 Å². The van der Waals surface area contributed by atoms with E-state index in [4.69, 9.17) is 0 Å². The third kappa shape index (κ3) is 2.69. The average Bonchev–Trinajstić information content (AvgIpc) is 2.78. The molecule has 0 atom stereocenters. The highest BCUT2D eigenvalue weighted by molar-refractivity contribution is 5.71. The van der Waals surface area contributed by atoms with Gasteiger partial charge in [-0.3, -0.25) is 4.79 Å². The zero-order valence-electron chi connectivity index (χ0n) is 9.24. The molecule has 0 unspecified atom stereocenters. The smallest absolute Gasteiger partial charge is 0.313 e. The molecular weight excluding hydrogens is 223 g/mol. The number of hydrogen-bond donors (Lipinski definition) is 1. The van der Waals surface area contributed by atoms with Crippen molar-refractivity contribution in [2.24, 2.45) is 0 Å². The van der Waals surface area contributed by atoms with E-state index in [1.54, 1.807) is 18.3 Å². The second kappa shape index (κ2) is 4.78. The van der Waals surface area contributed by atoms with Crippen LogP contribution in [0.4, 0.5) is 4.39 Å². The SMILES string of the molecule is COC(=O)Cc1ncc(-c2ccc(F)cc2)[nH]1. The van der Waals surface area contributed by atoms with E-state index in [1.807, 2.05) is 0 Å². The number of carbonyl (C=O) groups is 1. The Labute approximate surface area is 97.5 Å². The van der Waals surface area contributed by atoms with Crippen molar-refractivity contribution >= 4 is 5.97 Å². The van der Waals surface area contributed by atoms with Gasteiger partial charge in [0.25, 0.3) is 0 Å². The van der Waals surface area contributed by atoms with Gasteiger partial charge in [-0.1, -0.05) is 0 Å². The van der Waals surface area contributed by atoms with E-state index < -0.39 is 0 Å². The topological polar surface area (TPSA) is 55.0 Å². The van der Waals surface area contributed by atoms with Crippen molar-refractivity contribution in [3.63, 3.8) is 0 Å². The summed E-state index contributed by atoms with van der Waals surface area (Å²) < 4.78 is 17.3. The van der Waals surface area contributed by atoms with E-state index in [0.29, 0.717) is 5.82 Å². The van der Waals surface area contributed by atoms with Crippen molar-refractivity contribution in [2.75, 3.05) is 7.11 Å². The number of nitrogens with zero attached hydrogens (tertiary/aromatic N) is 1. The first kappa shape index (κ1) is 11.3. The molecule has 0 amide bonds. The maximum atomic E-state index is 12.7. The summed E-state index contributed by atoms with van der Waals surface area (Å²) in [6.07, 6.45) is 1.70. The van der Waals surface area contributed by atoms with E-state index in [2.05, 4.69) is 14.7 Å². The lowest BCUT2D eigenvalue weighted by Gasteiger charge is -1.97. The number of esters is 1. The lowest BCUT2D eigenvalue weighted by atomic mass is 10.2. The minimum absolute atomic E-state index is 0.0949. The van der Waals surface area contributed by atoms with Crippen LogP contribution in [0.5, 0.6) is 0 Å². The summed E-state index contributed by atoms with van der Waals surface area (Å²) in [5.41, 5.74) is 1.55. The summed E-state index contributed by atoms with van der Waals surface area (Å²) in [4.78, 5) is 18.1. The van der Waals surface area contributed by atoms with Gasteiger partial charge in [0.05, 0.1) is 19.0 Å². The van der Waals surface area contributed by atoms with E-state index >= 15 is 0 Å². The Kier molecular flexibility index (Phi) is 3.18. The van der Waals surface area contributed by atoms with Crippen molar-refractivity contribution in [1.29, 1.82) is 0 Å². The molecule has 2 aromatic rings. The lowest BCUT2D eigenvalue weighted by molar-refractivity contribution is -0.139. The second-order valence-electron chi connectivity index (χ2n) is 3.50. The van der Waals surface area contributed by atoms with Gasteiger partial charge in [0.15, 0.2) is 0 Å². The molecule has 0 fully saturated rings. The number of H-pyrrole nitrogens is 1. The van der Waals surface area contributed by atoms with Crippen molar-refractivity contribution < 1.29 is 13.9 Å². The Bertz CT molecular complexity index is 520. The number of nitrogens with one attached hydrogen (secondary N) is 1. The van der Waals surface area contributed by atoms with Crippen molar-refractivity contribution in [2.45, 2.75) is 6.42 Å². The Morgan fingerprint density at radius 3 is 2.76 bits per heavy atom. The Morgan fingerprint density at radius 2 is 2.12 bits per heavy atom. The molecule has 0 saturated carbocycles. The summed E-state index contributed by atoms with van der Waals surface area (Å²) in [7, 11) is 1.33. The van der Waals surface area contributed by atoms with Crippen LogP contribution in [-0.4, -0.2) is 23.0 Å². The van der Waals surface area contributed by atoms with Gasteiger partial charge in [0.1, 0.15) is 18.1 Å². The summed E-state index contributed by atoms with van der Waals surface area (Å²) in [5, 5.41) is 0. The Balaban J connectivity index is 2.18. The normalized spacial score (nSPS) is 10.2. The molecule has 0 aliphatic rings. The van der Waals surface area contributed by atoms with Gasteiger partial charge in [0, 0.05) is 0 Å². The number of aromatic nitrogens is 2. The van der Waals surface area contributed by atoms with Crippen molar-refractivity contribution in [3.8, 4) is 11.3 Å². The van der Waals surface area contributed by atoms with Gasteiger partial charge in [-0.25, -0.2) is 9.37 Å². The van der Waals surface area contributed by atoms with E-state index in [1.165, 1.54) is 19.2 Å². The number of ether oxygens (including phenoxy) is 1. The fourth-order valence-electron chi connectivity index (χ4n) is 1.44. The number of halogens is 1. The highest BCUT2D eigenvalue weighted by atomic mass is 19.1. The molecule has 4 nitrogen and oxygen atoms in total. The highest BCUT2D eigenvalue weighted by Crippen LogP contribution is 2.17. The van der Waals surface area contributed by atoms with Crippen LogP contribution in [0.25, 0.3) is 11.3 Å². The number of rotatable bonds is 3. The fraction of sp³-hybridized carbons (Fsp3) is 0.167. The summed E-state index contributed by atoms with van der Waals surface area (Å²) >= 11 is 0. The molecule has 0 aliphatic heterocycles. The minimum Gasteiger partial charge on any atom is -0.469 e. The maximum absolute atomic E-state index is 12.7. The number of benzene rings is 1. The molecule has 2 rings (SSSR count). The molecule has 0 aliphatic carbocycles. The summed E-state index contributed by atoms with van der Waals surface area (Å²) in [6.45, 7) is 0. The second-order valence-corrected chi connectivity index (χ2v) is 3.50. The first-order valence-corrected chi connectivity index (χ1v) is 5.05. The molecule has 0 radical (unpaired) electrons. The summed E-state index contributed by atoms with van der Waals surface area (Å²) in [6, 6.07) is 6.03. The largest absolute Gasteiger partial charge is 0.469 e. The first-order chi connectivity index (χ1) is 8.19. The quantitative estimate of drug-likeness (QED) is 0.825. The first-order valence-electron chi connectivity index (χ1n) is 5.05. The van der Waals surface area contributed by atoms with Gasteiger partial charge < -0.3 is 9.72 Å². The Morgan fingerprint density at radius 1 is 1.41 bits per heavy atom. The molecule has 1 aromatic carbocycles. The third-order valence-corrected chi connectivity index (χ3v) is 2.32. The molecule has 5 heteroatoms. The standard InChI is InChI=1S/C12H11FN2O2/c1-17-12(16)6-11-14-7-10(15-11)8-2-4-9(13)5-3-8/h2-5,7H,6H2,1H3,(H,14,15). The van der Waals surface area contributed by atoms with Crippen LogP contribution in [-0.2, 0) is 16.0 Å². The zero-order chi connectivity index (χ0) is 12.3. The molecule has 88 valence electrons. The monoisotopic (exact) mass is 234 g/mol.